The van der Waals surface area contributed by atoms with Gasteiger partial charge in [-0.15, -0.1) is 0 Å². The van der Waals surface area contributed by atoms with Crippen molar-refractivity contribution in [2.24, 2.45) is 11.3 Å². The van der Waals surface area contributed by atoms with Crippen LogP contribution in [0.15, 0.2) is 24.3 Å². The van der Waals surface area contributed by atoms with Gasteiger partial charge >= 0.3 is 0 Å². The van der Waals surface area contributed by atoms with Crippen LogP contribution in [0.4, 0.5) is 0 Å². The average Bonchev–Trinajstić information content (AvgIpc) is 2.43. The summed E-state index contributed by atoms with van der Waals surface area (Å²) in [6, 6.07) is 11.0. The Morgan fingerprint density at radius 3 is 2.50 bits per heavy atom. The molecule has 1 aromatic carbocycles. The number of rotatable bonds is 4. The zero-order valence-electron chi connectivity index (χ0n) is 12.4. The maximum absolute atomic E-state index is 9.11. The zero-order valence-corrected chi connectivity index (χ0v) is 14.6. The molecule has 2 nitrogen and oxygen atoms in total. The monoisotopic (exact) mass is 382 g/mol. The van der Waals surface area contributed by atoms with E-state index < -0.39 is 0 Å². The fourth-order valence-electron chi connectivity index (χ4n) is 3.14. The number of nitrogens with zero attached hydrogens (tertiary/aromatic N) is 2. The van der Waals surface area contributed by atoms with E-state index in [0.717, 1.165) is 32.5 Å². The first kappa shape index (κ1) is 15.8. The van der Waals surface area contributed by atoms with Crippen molar-refractivity contribution in [2.75, 3.05) is 13.1 Å². The molecule has 0 saturated carbocycles. The second kappa shape index (κ2) is 6.91. The molecule has 0 aliphatic carbocycles. The maximum atomic E-state index is 9.11. The van der Waals surface area contributed by atoms with Gasteiger partial charge in [-0.3, -0.25) is 4.90 Å². The summed E-state index contributed by atoms with van der Waals surface area (Å²) in [5.41, 5.74) is 1.67. The highest BCUT2D eigenvalue weighted by Gasteiger charge is 2.37. The van der Waals surface area contributed by atoms with Crippen LogP contribution in [0.25, 0.3) is 0 Å². The van der Waals surface area contributed by atoms with Crippen molar-refractivity contribution < 1.29 is 0 Å². The van der Waals surface area contributed by atoms with Crippen LogP contribution >= 0.6 is 22.6 Å². The Labute approximate surface area is 136 Å². The van der Waals surface area contributed by atoms with E-state index in [2.05, 4.69) is 71.7 Å². The summed E-state index contributed by atoms with van der Waals surface area (Å²) in [7, 11) is 0. The van der Waals surface area contributed by atoms with E-state index in [4.69, 9.17) is 5.26 Å². The lowest BCUT2D eigenvalue weighted by molar-refractivity contribution is 0.0616. The molecule has 0 radical (unpaired) electrons. The van der Waals surface area contributed by atoms with Gasteiger partial charge in [0.25, 0.3) is 0 Å². The van der Waals surface area contributed by atoms with Crippen LogP contribution in [0.1, 0.15) is 38.7 Å². The Kier molecular flexibility index (Phi) is 5.45. The molecule has 0 atom stereocenters. The van der Waals surface area contributed by atoms with Crippen molar-refractivity contribution in [1.82, 2.24) is 4.90 Å². The smallest absolute Gasteiger partial charge is 0.0627 e. The summed E-state index contributed by atoms with van der Waals surface area (Å²) in [6.07, 6.45) is 3.02. The molecule has 1 fully saturated rings. The Hall–Kier alpha value is -0.600. The standard InChI is InChI=1S/C17H23IN2/c1-14(2)17(7-10-19)8-11-20(12-9-17)13-15-5-3-4-6-16(15)18/h3-6,14H,7-9,11-13H2,1-2H3. The van der Waals surface area contributed by atoms with Crippen molar-refractivity contribution >= 4 is 22.6 Å². The van der Waals surface area contributed by atoms with Gasteiger partial charge in [-0.05, 0) is 71.5 Å². The van der Waals surface area contributed by atoms with E-state index in [-0.39, 0.29) is 5.41 Å². The molecule has 20 heavy (non-hydrogen) atoms. The van der Waals surface area contributed by atoms with Gasteiger partial charge in [0.05, 0.1) is 6.07 Å². The van der Waals surface area contributed by atoms with Crippen molar-refractivity contribution in [1.29, 1.82) is 5.26 Å². The van der Waals surface area contributed by atoms with Gasteiger partial charge in [-0.25, -0.2) is 0 Å². The molecule has 0 unspecified atom stereocenters. The molecule has 1 aliphatic rings. The highest BCUT2D eigenvalue weighted by Crippen LogP contribution is 2.41. The molecule has 1 aliphatic heterocycles. The molecule has 0 aromatic heterocycles. The normalized spacial score (nSPS) is 18.9. The zero-order chi connectivity index (χ0) is 14.6. The van der Waals surface area contributed by atoms with Crippen LogP contribution in [0.2, 0.25) is 0 Å². The Bertz CT molecular complexity index is 482. The van der Waals surface area contributed by atoms with Crippen LogP contribution in [-0.4, -0.2) is 18.0 Å². The van der Waals surface area contributed by atoms with Gasteiger partial charge < -0.3 is 0 Å². The summed E-state index contributed by atoms with van der Waals surface area (Å²) in [4.78, 5) is 2.54. The molecule has 0 N–H and O–H groups in total. The van der Waals surface area contributed by atoms with Crippen LogP contribution in [0, 0.1) is 26.2 Å². The number of hydrogen-bond acceptors (Lipinski definition) is 2. The molecule has 0 amide bonds. The SMILES string of the molecule is CC(C)C1(CC#N)CCN(Cc2ccccc2I)CC1. The summed E-state index contributed by atoms with van der Waals surface area (Å²) in [5.74, 6) is 0.598. The lowest BCUT2D eigenvalue weighted by atomic mass is 9.68. The van der Waals surface area contributed by atoms with E-state index >= 15 is 0 Å². The van der Waals surface area contributed by atoms with E-state index in [1.807, 2.05) is 0 Å². The number of nitriles is 1. The second-order valence-electron chi connectivity index (χ2n) is 6.22. The average molecular weight is 382 g/mol. The van der Waals surface area contributed by atoms with E-state index in [1.54, 1.807) is 0 Å². The van der Waals surface area contributed by atoms with Crippen LogP contribution in [-0.2, 0) is 6.54 Å². The predicted molar refractivity (Wildman–Crippen MR) is 91.2 cm³/mol. The number of hydrogen-bond donors (Lipinski definition) is 0. The molecular formula is C17H23IN2. The van der Waals surface area contributed by atoms with Gasteiger partial charge in [0.2, 0.25) is 0 Å². The first-order valence-electron chi connectivity index (χ1n) is 7.40. The van der Waals surface area contributed by atoms with Gasteiger partial charge in [0.15, 0.2) is 0 Å². The third kappa shape index (κ3) is 3.53. The highest BCUT2D eigenvalue weighted by atomic mass is 127. The molecule has 0 bridgehead atoms. The topological polar surface area (TPSA) is 27.0 Å². The molecule has 108 valence electrons. The minimum Gasteiger partial charge on any atom is -0.299 e. The van der Waals surface area contributed by atoms with E-state index in [1.165, 1.54) is 9.13 Å². The van der Waals surface area contributed by atoms with Crippen molar-refractivity contribution in [3.05, 3.63) is 33.4 Å². The number of likely N-dealkylation sites (tertiary alicyclic amines) is 1. The third-order valence-electron chi connectivity index (χ3n) is 4.86. The molecule has 1 heterocycles. The quantitative estimate of drug-likeness (QED) is 0.720. The van der Waals surface area contributed by atoms with Gasteiger partial charge in [0, 0.05) is 16.5 Å². The van der Waals surface area contributed by atoms with Crippen molar-refractivity contribution in [3.63, 3.8) is 0 Å². The second-order valence-corrected chi connectivity index (χ2v) is 7.38. The largest absolute Gasteiger partial charge is 0.299 e. The van der Waals surface area contributed by atoms with Gasteiger partial charge in [0.1, 0.15) is 0 Å². The van der Waals surface area contributed by atoms with E-state index in [9.17, 15) is 0 Å². The van der Waals surface area contributed by atoms with Crippen LogP contribution < -0.4 is 0 Å². The molecular weight excluding hydrogens is 359 g/mol. The lowest BCUT2D eigenvalue weighted by Gasteiger charge is -2.43. The number of halogens is 1. The Morgan fingerprint density at radius 2 is 1.95 bits per heavy atom. The number of piperidine rings is 1. The third-order valence-corrected chi connectivity index (χ3v) is 5.91. The van der Waals surface area contributed by atoms with Gasteiger partial charge in [-0.1, -0.05) is 32.0 Å². The molecule has 3 heteroatoms. The molecule has 2 rings (SSSR count). The number of benzene rings is 1. The fraction of sp³-hybridized carbons (Fsp3) is 0.588. The summed E-state index contributed by atoms with van der Waals surface area (Å²) < 4.78 is 1.35. The highest BCUT2D eigenvalue weighted by molar-refractivity contribution is 14.1. The minimum absolute atomic E-state index is 0.245. The Balaban J connectivity index is 1.98. The van der Waals surface area contributed by atoms with Crippen molar-refractivity contribution in [3.8, 4) is 6.07 Å². The van der Waals surface area contributed by atoms with Crippen LogP contribution in [0.5, 0.6) is 0 Å². The van der Waals surface area contributed by atoms with Crippen molar-refractivity contribution in [2.45, 2.75) is 39.7 Å². The van der Waals surface area contributed by atoms with Gasteiger partial charge in [-0.2, -0.15) is 5.26 Å². The molecule has 1 saturated heterocycles. The first-order valence-corrected chi connectivity index (χ1v) is 8.48. The lowest BCUT2D eigenvalue weighted by Crippen LogP contribution is -2.42. The summed E-state index contributed by atoms with van der Waals surface area (Å²) in [6.45, 7) is 7.82. The minimum atomic E-state index is 0.245. The first-order chi connectivity index (χ1) is 9.57. The summed E-state index contributed by atoms with van der Waals surface area (Å²) >= 11 is 2.42. The maximum Gasteiger partial charge on any atom is 0.0627 e. The van der Waals surface area contributed by atoms with Crippen LogP contribution in [0.3, 0.4) is 0 Å². The Morgan fingerprint density at radius 1 is 1.30 bits per heavy atom. The van der Waals surface area contributed by atoms with E-state index in [0.29, 0.717) is 12.3 Å². The summed E-state index contributed by atoms with van der Waals surface area (Å²) in [5, 5.41) is 9.11. The fourth-order valence-corrected chi connectivity index (χ4v) is 3.70. The molecule has 1 aromatic rings. The molecule has 0 spiro atoms. The predicted octanol–water partition coefficient (Wildman–Crippen LogP) is 4.44.